The summed E-state index contributed by atoms with van der Waals surface area (Å²) in [6, 6.07) is 29.1. The molecule has 4 aromatic carbocycles. The van der Waals surface area contributed by atoms with Crippen molar-refractivity contribution in [3.63, 3.8) is 0 Å². The summed E-state index contributed by atoms with van der Waals surface area (Å²) >= 11 is 6.30. The van der Waals surface area contributed by atoms with Crippen molar-refractivity contribution in [1.82, 2.24) is 10.2 Å². The molecule has 1 N–H and O–H groups in total. The van der Waals surface area contributed by atoms with Gasteiger partial charge in [0.15, 0.2) is 0 Å². The molecule has 0 aromatic heterocycles. The molecule has 4 aromatic rings. The summed E-state index contributed by atoms with van der Waals surface area (Å²) in [5.74, 6) is -0.823. The third-order valence-corrected chi connectivity index (χ3v) is 9.75. The Morgan fingerprint density at radius 2 is 1.44 bits per heavy atom. The molecule has 9 heteroatoms. The van der Waals surface area contributed by atoms with E-state index in [9.17, 15) is 18.0 Å². The Morgan fingerprint density at radius 1 is 0.822 bits per heavy atom. The molecule has 0 aliphatic heterocycles. The molecular formula is C36H40ClN3O4S. The number of aryl methyl sites for hydroxylation is 2. The number of anilines is 1. The fraction of sp³-hybridized carbons (Fsp3) is 0.278. The summed E-state index contributed by atoms with van der Waals surface area (Å²) in [5, 5.41) is 3.38. The molecule has 0 unspecified atom stereocenters. The van der Waals surface area contributed by atoms with Crippen LogP contribution in [0.1, 0.15) is 42.5 Å². The van der Waals surface area contributed by atoms with Crippen LogP contribution in [-0.2, 0) is 32.6 Å². The highest BCUT2D eigenvalue weighted by atomic mass is 35.5. The van der Waals surface area contributed by atoms with E-state index in [0.29, 0.717) is 11.4 Å². The zero-order valence-electron chi connectivity index (χ0n) is 26.1. The Bertz CT molecular complexity index is 1690. The molecule has 0 bridgehead atoms. The summed E-state index contributed by atoms with van der Waals surface area (Å²) in [4.78, 5) is 30.0. The van der Waals surface area contributed by atoms with E-state index in [1.54, 1.807) is 30.3 Å². The molecule has 0 aliphatic rings. The van der Waals surface area contributed by atoms with Crippen molar-refractivity contribution in [1.29, 1.82) is 0 Å². The third-order valence-electron chi connectivity index (χ3n) is 7.73. The number of sulfonamides is 1. The van der Waals surface area contributed by atoms with E-state index in [0.717, 1.165) is 26.6 Å². The number of benzene rings is 4. The lowest BCUT2D eigenvalue weighted by Crippen LogP contribution is -2.54. The van der Waals surface area contributed by atoms with Crippen LogP contribution < -0.4 is 9.62 Å². The highest BCUT2D eigenvalue weighted by Crippen LogP contribution is 2.27. The van der Waals surface area contributed by atoms with E-state index in [1.165, 1.54) is 23.1 Å². The highest BCUT2D eigenvalue weighted by Gasteiger charge is 2.35. The zero-order chi connectivity index (χ0) is 32.6. The number of nitrogens with zero attached hydrogens (tertiary/aromatic N) is 2. The molecule has 0 radical (unpaired) electrons. The molecule has 236 valence electrons. The van der Waals surface area contributed by atoms with Gasteiger partial charge in [0.1, 0.15) is 12.6 Å². The zero-order valence-corrected chi connectivity index (χ0v) is 27.7. The molecule has 2 atom stereocenters. The standard InChI is InChI=1S/C36H40ClN3O4S/c1-5-28(4)38-36(42)34(22-29-10-7-6-8-11-29)39(24-30-18-14-26(2)15-19-30)35(41)25-40(32-13-9-12-31(37)23-32)45(43,44)33-20-16-27(3)17-21-33/h6-21,23,28,34H,5,22,24-25H2,1-4H3,(H,38,42)/t28-,34+/m1/s1. The van der Waals surface area contributed by atoms with Crippen LogP contribution in [0, 0.1) is 13.8 Å². The van der Waals surface area contributed by atoms with Crippen LogP contribution in [-0.4, -0.2) is 43.8 Å². The Kier molecular flexibility index (Phi) is 11.4. The van der Waals surface area contributed by atoms with Gasteiger partial charge in [-0.2, -0.15) is 0 Å². The predicted octanol–water partition coefficient (Wildman–Crippen LogP) is 6.71. The van der Waals surface area contributed by atoms with Gasteiger partial charge >= 0.3 is 0 Å². The minimum Gasteiger partial charge on any atom is -0.352 e. The highest BCUT2D eigenvalue weighted by molar-refractivity contribution is 7.92. The first-order valence-electron chi connectivity index (χ1n) is 15.0. The topological polar surface area (TPSA) is 86.8 Å². The van der Waals surface area contributed by atoms with Gasteiger partial charge in [0.05, 0.1) is 10.6 Å². The number of halogens is 1. The van der Waals surface area contributed by atoms with Gasteiger partial charge in [-0.25, -0.2) is 8.42 Å². The van der Waals surface area contributed by atoms with E-state index in [1.807, 2.05) is 82.3 Å². The number of carbonyl (C=O) groups is 2. The van der Waals surface area contributed by atoms with Crippen LogP contribution in [0.5, 0.6) is 0 Å². The first-order chi connectivity index (χ1) is 21.5. The number of hydrogen-bond acceptors (Lipinski definition) is 4. The minimum atomic E-state index is -4.20. The maximum absolute atomic E-state index is 14.5. The van der Waals surface area contributed by atoms with E-state index < -0.39 is 28.5 Å². The van der Waals surface area contributed by atoms with Gasteiger partial charge in [-0.3, -0.25) is 13.9 Å². The van der Waals surface area contributed by atoms with Gasteiger partial charge in [0, 0.05) is 24.0 Å². The van der Waals surface area contributed by atoms with E-state index >= 15 is 0 Å². The van der Waals surface area contributed by atoms with Gasteiger partial charge in [-0.1, -0.05) is 102 Å². The average Bonchev–Trinajstić information content (AvgIpc) is 3.02. The SMILES string of the molecule is CC[C@@H](C)NC(=O)[C@H](Cc1ccccc1)N(Cc1ccc(C)cc1)C(=O)CN(c1cccc(Cl)c1)S(=O)(=O)c1ccc(C)cc1. The predicted molar refractivity (Wildman–Crippen MR) is 181 cm³/mol. The number of amides is 2. The Balaban J connectivity index is 1.80. The summed E-state index contributed by atoms with van der Waals surface area (Å²) in [7, 11) is -4.20. The van der Waals surface area contributed by atoms with E-state index in [2.05, 4.69) is 5.32 Å². The largest absolute Gasteiger partial charge is 0.352 e. The van der Waals surface area contributed by atoms with Gasteiger partial charge < -0.3 is 10.2 Å². The quantitative estimate of drug-likeness (QED) is 0.175. The molecule has 0 heterocycles. The summed E-state index contributed by atoms with van der Waals surface area (Å²) < 4.78 is 29.3. The molecule has 0 spiro atoms. The van der Waals surface area contributed by atoms with Crippen LogP contribution >= 0.6 is 11.6 Å². The van der Waals surface area contributed by atoms with Gasteiger partial charge in [0.2, 0.25) is 11.8 Å². The molecule has 0 saturated heterocycles. The second-order valence-electron chi connectivity index (χ2n) is 11.3. The average molecular weight is 646 g/mol. The van der Waals surface area contributed by atoms with Crippen molar-refractivity contribution >= 4 is 39.1 Å². The number of nitrogens with one attached hydrogen (secondary N) is 1. The van der Waals surface area contributed by atoms with Crippen molar-refractivity contribution in [2.75, 3.05) is 10.8 Å². The van der Waals surface area contributed by atoms with Crippen molar-refractivity contribution in [2.45, 2.75) is 64.1 Å². The normalized spacial score (nSPS) is 12.6. The Labute approximate surface area is 271 Å². The van der Waals surface area contributed by atoms with Crippen LogP contribution in [0.3, 0.4) is 0 Å². The lowest BCUT2D eigenvalue weighted by molar-refractivity contribution is -0.140. The summed E-state index contributed by atoms with van der Waals surface area (Å²) in [6.45, 7) is 7.31. The summed E-state index contributed by atoms with van der Waals surface area (Å²) in [5.41, 5.74) is 3.90. The number of rotatable bonds is 13. The second kappa shape index (κ2) is 15.2. The summed E-state index contributed by atoms with van der Waals surface area (Å²) in [6.07, 6.45) is 0.968. The minimum absolute atomic E-state index is 0.0429. The fourth-order valence-electron chi connectivity index (χ4n) is 4.88. The van der Waals surface area contributed by atoms with Crippen LogP contribution in [0.15, 0.2) is 108 Å². The fourth-order valence-corrected chi connectivity index (χ4v) is 6.47. The van der Waals surface area contributed by atoms with Crippen molar-refractivity contribution in [3.8, 4) is 0 Å². The smallest absolute Gasteiger partial charge is 0.264 e. The molecular weight excluding hydrogens is 606 g/mol. The Morgan fingerprint density at radius 3 is 2.04 bits per heavy atom. The first-order valence-corrected chi connectivity index (χ1v) is 16.8. The van der Waals surface area contributed by atoms with Crippen molar-refractivity contribution < 1.29 is 18.0 Å². The van der Waals surface area contributed by atoms with Crippen LogP contribution in [0.25, 0.3) is 0 Å². The van der Waals surface area contributed by atoms with Crippen LogP contribution in [0.4, 0.5) is 5.69 Å². The van der Waals surface area contributed by atoms with Crippen LogP contribution in [0.2, 0.25) is 5.02 Å². The van der Waals surface area contributed by atoms with Gasteiger partial charge in [-0.15, -0.1) is 0 Å². The third kappa shape index (κ3) is 8.96. The molecule has 0 saturated carbocycles. The lowest BCUT2D eigenvalue weighted by Gasteiger charge is -2.34. The van der Waals surface area contributed by atoms with Crippen molar-refractivity contribution in [3.05, 3.63) is 130 Å². The number of carbonyl (C=O) groups excluding carboxylic acids is 2. The first kappa shape index (κ1) is 33.7. The van der Waals surface area contributed by atoms with E-state index in [-0.39, 0.29) is 35.5 Å². The number of hydrogen-bond donors (Lipinski definition) is 1. The van der Waals surface area contributed by atoms with Crippen molar-refractivity contribution in [2.24, 2.45) is 0 Å². The molecule has 45 heavy (non-hydrogen) atoms. The molecule has 7 nitrogen and oxygen atoms in total. The second-order valence-corrected chi connectivity index (χ2v) is 13.6. The van der Waals surface area contributed by atoms with Gasteiger partial charge in [0.25, 0.3) is 10.0 Å². The van der Waals surface area contributed by atoms with Gasteiger partial charge in [-0.05, 0) is 68.7 Å². The molecule has 0 aliphatic carbocycles. The molecule has 4 rings (SSSR count). The molecule has 2 amide bonds. The monoisotopic (exact) mass is 645 g/mol. The van der Waals surface area contributed by atoms with E-state index in [4.69, 9.17) is 11.6 Å². The maximum atomic E-state index is 14.5. The lowest BCUT2D eigenvalue weighted by atomic mass is 10.0. The maximum Gasteiger partial charge on any atom is 0.264 e. The molecule has 0 fully saturated rings. The Hall–Kier alpha value is -4.14.